The average Bonchev–Trinajstić information content (AvgIpc) is 4.05. The topological polar surface area (TPSA) is 210 Å². The lowest BCUT2D eigenvalue weighted by Gasteiger charge is -2.35. The normalized spacial score (nSPS) is 14.4. The molecule has 1 aliphatic carbocycles. The highest BCUT2D eigenvalue weighted by atomic mass is 32.1. The Bertz CT molecular complexity index is 2410. The molecule has 1 saturated heterocycles. The van der Waals surface area contributed by atoms with Gasteiger partial charge in [-0.2, -0.15) is 4.98 Å². The van der Waals surface area contributed by atoms with Gasteiger partial charge in [-0.05, 0) is 57.0 Å². The molecule has 5 aromatic rings. The Morgan fingerprint density at radius 1 is 0.818 bits per heavy atom. The summed E-state index contributed by atoms with van der Waals surface area (Å²) in [5.74, 6) is 0.340. The number of hydrogen-bond donors (Lipinski definition) is 4. The highest BCUT2D eigenvalue weighted by Gasteiger charge is 2.27. The van der Waals surface area contributed by atoms with Gasteiger partial charge in [-0.25, -0.2) is 15.0 Å². The van der Waals surface area contributed by atoms with Crippen molar-refractivity contribution < 1.29 is 33.4 Å². The van der Waals surface area contributed by atoms with Crippen molar-refractivity contribution in [2.75, 3.05) is 114 Å². The Balaban J connectivity index is 0.714. The van der Waals surface area contributed by atoms with Gasteiger partial charge in [0.05, 0.1) is 81.4 Å². The van der Waals surface area contributed by atoms with E-state index >= 15 is 0 Å². The Morgan fingerprint density at radius 3 is 2.24 bits per heavy atom. The first kappa shape index (κ1) is 47.9. The summed E-state index contributed by atoms with van der Waals surface area (Å²) in [6, 6.07) is 12.9. The van der Waals surface area contributed by atoms with E-state index in [0.717, 1.165) is 79.2 Å². The minimum absolute atomic E-state index is 0.0427. The van der Waals surface area contributed by atoms with Crippen LogP contribution in [0.2, 0.25) is 0 Å². The van der Waals surface area contributed by atoms with E-state index in [4.69, 9.17) is 19.2 Å². The average molecular weight is 925 g/mol. The molecule has 2 aliphatic rings. The molecule has 4 aromatic heterocycles. The van der Waals surface area contributed by atoms with Crippen LogP contribution in [0.3, 0.4) is 0 Å². The summed E-state index contributed by atoms with van der Waals surface area (Å²) < 4.78 is 18.8. The summed E-state index contributed by atoms with van der Waals surface area (Å²) >= 11 is 1.40. The van der Waals surface area contributed by atoms with Gasteiger partial charge in [-0.3, -0.25) is 29.4 Å². The zero-order chi connectivity index (χ0) is 46.4. The smallest absolute Gasteiger partial charge is 0.270 e. The Hall–Kier alpha value is -6.06. The van der Waals surface area contributed by atoms with Crippen molar-refractivity contribution in [1.29, 1.82) is 0 Å². The van der Waals surface area contributed by atoms with Gasteiger partial charge >= 0.3 is 0 Å². The molecule has 1 saturated carbocycles. The Labute approximate surface area is 388 Å². The number of rotatable bonds is 22. The van der Waals surface area contributed by atoms with Gasteiger partial charge in [0.2, 0.25) is 17.8 Å². The summed E-state index contributed by atoms with van der Waals surface area (Å²) in [6.45, 7) is 9.55. The van der Waals surface area contributed by atoms with Gasteiger partial charge in [0.1, 0.15) is 17.2 Å². The maximum absolute atomic E-state index is 13.1. The van der Waals surface area contributed by atoms with E-state index in [-0.39, 0.29) is 42.7 Å². The van der Waals surface area contributed by atoms with Crippen molar-refractivity contribution in [3.8, 4) is 0 Å². The molecule has 1 aromatic carbocycles. The zero-order valence-corrected chi connectivity index (χ0v) is 39.0. The highest BCUT2D eigenvalue weighted by Crippen LogP contribution is 2.35. The minimum Gasteiger partial charge on any atom is -0.379 e. The first-order valence-corrected chi connectivity index (χ1v) is 23.3. The van der Waals surface area contributed by atoms with Crippen molar-refractivity contribution in [3.05, 3.63) is 76.7 Å². The SMILES string of the molecule is Cc1nc(NC(=O)c2ccccc2NC(=O)CCOCCOCCOCCNC(=O)CN2CCN(c3ccc(Nc4ncc5cc(C(=O)N(C)C)n(C6CCCC6)c5n4)nc3)CC2)sc1C. The Kier molecular flexibility index (Phi) is 17.0. The van der Waals surface area contributed by atoms with E-state index in [0.29, 0.717) is 80.0 Å². The molecule has 0 unspecified atom stereocenters. The van der Waals surface area contributed by atoms with Crippen LogP contribution in [0.5, 0.6) is 0 Å². The number of carbonyl (C=O) groups excluding carboxylic acids is 4. The van der Waals surface area contributed by atoms with E-state index in [1.807, 2.05) is 38.2 Å². The van der Waals surface area contributed by atoms with Crippen molar-refractivity contribution in [1.82, 2.24) is 39.6 Å². The molecular formula is C46H60N12O7S. The molecule has 0 radical (unpaired) electrons. The quantitative estimate of drug-likeness (QED) is 0.0672. The Morgan fingerprint density at radius 2 is 1.55 bits per heavy atom. The predicted octanol–water partition coefficient (Wildman–Crippen LogP) is 5.03. The largest absolute Gasteiger partial charge is 0.379 e. The third-order valence-electron chi connectivity index (χ3n) is 11.5. The van der Waals surface area contributed by atoms with Crippen LogP contribution in [0.1, 0.15) is 69.6 Å². The summed E-state index contributed by atoms with van der Waals surface area (Å²) in [5, 5.41) is 13.1. The van der Waals surface area contributed by atoms with Gasteiger partial charge in [0.15, 0.2) is 5.13 Å². The van der Waals surface area contributed by atoms with E-state index in [1.165, 1.54) is 11.3 Å². The number of piperazine rings is 1. The molecular weight excluding hydrogens is 865 g/mol. The number of anilines is 5. The lowest BCUT2D eigenvalue weighted by molar-refractivity contribution is -0.122. The number of thiazole rings is 1. The van der Waals surface area contributed by atoms with Crippen LogP contribution in [-0.2, 0) is 23.8 Å². The molecule has 66 heavy (non-hydrogen) atoms. The summed E-state index contributed by atoms with van der Waals surface area (Å²) in [6.07, 6.45) is 8.04. The third kappa shape index (κ3) is 13.1. The number of para-hydroxylation sites is 1. The number of fused-ring (bicyclic) bond motifs is 1. The number of aromatic nitrogens is 5. The molecule has 5 heterocycles. The standard InChI is InChI=1S/C46H60N12O7S/c1-31-32(2)66-46(50-31)54-43(61)36-11-7-8-12-37(36)51-40(59)15-21-63-23-25-65-26-24-64-22-16-47-41(60)30-56-17-19-57(20-18-56)35-13-14-39(48-29-35)52-45-49-28-33-27-38(44(62)55(3)4)58(42(33)53-45)34-9-5-6-10-34/h7-8,11-14,27-29,34H,5-6,9-10,15-26,30H2,1-4H3,(H,47,60)(H,51,59)(H,50,54,61)(H,48,49,52,53). The van der Waals surface area contributed by atoms with Crippen LogP contribution in [-0.4, -0.2) is 151 Å². The second-order valence-electron chi connectivity index (χ2n) is 16.4. The van der Waals surface area contributed by atoms with Crippen LogP contribution < -0.4 is 26.2 Å². The minimum atomic E-state index is -0.347. The first-order chi connectivity index (χ1) is 32.0. The molecule has 0 spiro atoms. The highest BCUT2D eigenvalue weighted by molar-refractivity contribution is 7.15. The fraction of sp³-hybridized carbons (Fsp3) is 0.478. The maximum atomic E-state index is 13.1. The molecule has 4 N–H and O–H groups in total. The van der Waals surface area contributed by atoms with Crippen LogP contribution >= 0.6 is 11.3 Å². The second kappa shape index (κ2) is 23.4. The molecule has 20 heteroatoms. The molecule has 7 rings (SSSR count). The maximum Gasteiger partial charge on any atom is 0.270 e. The molecule has 1 aliphatic heterocycles. The first-order valence-electron chi connectivity index (χ1n) is 22.5. The van der Waals surface area contributed by atoms with Crippen molar-refractivity contribution in [3.63, 3.8) is 0 Å². The third-order valence-corrected chi connectivity index (χ3v) is 12.5. The summed E-state index contributed by atoms with van der Waals surface area (Å²) in [5.41, 5.74) is 4.02. The molecule has 0 bridgehead atoms. The molecule has 0 atom stereocenters. The monoisotopic (exact) mass is 924 g/mol. The van der Waals surface area contributed by atoms with Crippen molar-refractivity contribution in [2.24, 2.45) is 0 Å². The number of carbonyl (C=O) groups is 4. The second-order valence-corrected chi connectivity index (χ2v) is 17.6. The summed E-state index contributed by atoms with van der Waals surface area (Å²) in [7, 11) is 3.53. The molecule has 2 fully saturated rings. The van der Waals surface area contributed by atoms with Crippen molar-refractivity contribution in [2.45, 2.75) is 52.0 Å². The van der Waals surface area contributed by atoms with Gasteiger partial charge in [-0.15, -0.1) is 11.3 Å². The van der Waals surface area contributed by atoms with Crippen molar-refractivity contribution >= 4 is 74.3 Å². The van der Waals surface area contributed by atoms with Crippen LogP contribution in [0.25, 0.3) is 11.0 Å². The van der Waals surface area contributed by atoms with Crippen LogP contribution in [0.15, 0.2) is 54.9 Å². The van der Waals surface area contributed by atoms with E-state index in [2.05, 4.69) is 50.6 Å². The fourth-order valence-corrected chi connectivity index (χ4v) is 8.65. The lowest BCUT2D eigenvalue weighted by atomic mass is 10.1. The van der Waals surface area contributed by atoms with Gasteiger partial charge < -0.3 is 44.5 Å². The number of aryl methyl sites for hydroxylation is 2. The fourth-order valence-electron chi connectivity index (χ4n) is 7.84. The number of amides is 4. The number of benzene rings is 1. The number of nitrogens with zero attached hydrogens (tertiary/aromatic N) is 8. The number of hydrogen-bond acceptors (Lipinski definition) is 15. The number of ether oxygens (including phenoxy) is 3. The van der Waals surface area contributed by atoms with E-state index < -0.39 is 0 Å². The van der Waals surface area contributed by atoms with Crippen LogP contribution in [0.4, 0.5) is 28.3 Å². The van der Waals surface area contributed by atoms with Gasteiger partial charge in [0, 0.05) is 69.3 Å². The van der Waals surface area contributed by atoms with Crippen LogP contribution in [0, 0.1) is 13.8 Å². The molecule has 4 amide bonds. The number of nitrogens with one attached hydrogen (secondary N) is 4. The summed E-state index contributed by atoms with van der Waals surface area (Å²) in [4.78, 5) is 76.5. The lowest BCUT2D eigenvalue weighted by Crippen LogP contribution is -2.49. The van der Waals surface area contributed by atoms with E-state index in [1.54, 1.807) is 49.5 Å². The zero-order valence-electron chi connectivity index (χ0n) is 38.1. The van der Waals surface area contributed by atoms with E-state index in [9.17, 15) is 19.2 Å². The van der Waals surface area contributed by atoms with Gasteiger partial charge in [0.25, 0.3) is 11.8 Å². The predicted molar refractivity (Wildman–Crippen MR) is 254 cm³/mol. The molecule has 19 nitrogen and oxygen atoms in total. The number of pyridine rings is 1. The molecule has 352 valence electrons. The van der Waals surface area contributed by atoms with Gasteiger partial charge in [-0.1, -0.05) is 25.0 Å².